The molecule has 88 valence electrons. The zero-order valence-electron chi connectivity index (χ0n) is 9.63. The summed E-state index contributed by atoms with van der Waals surface area (Å²) in [6.45, 7) is -3.63. The maximum atomic E-state index is 12.5. The van der Waals surface area contributed by atoms with Crippen molar-refractivity contribution in [3.8, 4) is 0 Å². The molecule has 0 radical (unpaired) electrons. The zero-order chi connectivity index (χ0) is 12.5. The zero-order valence-corrected chi connectivity index (χ0v) is 13.6. The number of carbonyl (C=O) groups excluding carboxylic acids is 1. The summed E-state index contributed by atoms with van der Waals surface area (Å²) in [6, 6.07) is 1.70. The molecule has 0 atom stereocenters. The van der Waals surface area contributed by atoms with E-state index in [2.05, 4.69) is 17.4 Å². The van der Waals surface area contributed by atoms with Crippen molar-refractivity contribution in [2.75, 3.05) is 7.11 Å². The molecule has 0 aliphatic heterocycles. The monoisotopic (exact) mass is 288 g/mol. The van der Waals surface area contributed by atoms with Crippen molar-refractivity contribution in [3.63, 3.8) is 0 Å². The molecule has 0 heterocycles. The van der Waals surface area contributed by atoms with Gasteiger partial charge in [-0.05, 0) is 12.5 Å². The van der Waals surface area contributed by atoms with Crippen LogP contribution in [0, 0.1) is 6.92 Å². The second kappa shape index (κ2) is 6.63. The van der Waals surface area contributed by atoms with Crippen LogP contribution < -0.4 is 56.8 Å². The number of methoxy groups -OCH3 is 1. The van der Waals surface area contributed by atoms with Crippen molar-refractivity contribution in [1.82, 2.24) is 0 Å². The van der Waals surface area contributed by atoms with Gasteiger partial charge in [-0.1, -0.05) is 12.1 Å². The molecule has 0 amide bonds. The van der Waals surface area contributed by atoms with Crippen LogP contribution in [0.1, 0.15) is 15.9 Å². The number of ether oxygens (including phenoxy) is 1. The SMILES string of the molecule is COC(=O)c1cc([B-](F)(F)F)cc(S)c1C.[K+]. The Bertz CT molecular complexity index is 437. The molecule has 1 aromatic rings. The third kappa shape index (κ3) is 4.29. The van der Waals surface area contributed by atoms with Crippen molar-refractivity contribution in [2.45, 2.75) is 11.8 Å². The van der Waals surface area contributed by atoms with Gasteiger partial charge in [0.1, 0.15) is 0 Å². The first-order valence-corrected chi connectivity index (χ1v) is 4.84. The standard InChI is InChI=1S/C9H9BF3O2S.K/c1-5-7(9(14)15-2)3-6(4-8(5)16)10(11,12)13;/h3-4,16H,1-2H3;/q-1;+1. The quantitative estimate of drug-likeness (QED) is 0.435. The van der Waals surface area contributed by atoms with Crippen LogP contribution in [0.4, 0.5) is 12.9 Å². The van der Waals surface area contributed by atoms with Crippen LogP contribution in [0.15, 0.2) is 17.0 Å². The Morgan fingerprint density at radius 2 is 1.88 bits per heavy atom. The van der Waals surface area contributed by atoms with E-state index in [-0.39, 0.29) is 61.8 Å². The van der Waals surface area contributed by atoms with Gasteiger partial charge in [0.2, 0.25) is 0 Å². The van der Waals surface area contributed by atoms with E-state index >= 15 is 0 Å². The van der Waals surface area contributed by atoms with Gasteiger partial charge in [-0.15, -0.1) is 18.1 Å². The number of hydrogen-bond acceptors (Lipinski definition) is 3. The molecule has 0 N–H and O–H groups in total. The largest absolute Gasteiger partial charge is 1.00 e. The first kappa shape index (κ1) is 17.5. The molecule has 0 bridgehead atoms. The molecule has 0 aromatic heterocycles. The number of benzene rings is 1. The van der Waals surface area contributed by atoms with Crippen LogP contribution >= 0.6 is 12.6 Å². The number of thiol groups is 1. The fourth-order valence-electron chi connectivity index (χ4n) is 1.23. The summed E-state index contributed by atoms with van der Waals surface area (Å²) < 4.78 is 42.0. The van der Waals surface area contributed by atoms with Crippen molar-refractivity contribution >= 4 is 31.0 Å². The van der Waals surface area contributed by atoms with Gasteiger partial charge in [-0.2, -0.15) is 0 Å². The predicted molar refractivity (Wildman–Crippen MR) is 58.5 cm³/mol. The third-order valence-corrected chi connectivity index (χ3v) is 2.65. The van der Waals surface area contributed by atoms with Crippen molar-refractivity contribution < 1.29 is 73.9 Å². The first-order chi connectivity index (χ1) is 7.27. The van der Waals surface area contributed by atoms with E-state index in [4.69, 9.17) is 0 Å². The molecular weight excluding hydrogens is 279 g/mol. The molecule has 0 aliphatic carbocycles. The van der Waals surface area contributed by atoms with Gasteiger partial charge in [0.05, 0.1) is 12.7 Å². The molecule has 0 unspecified atom stereocenters. The van der Waals surface area contributed by atoms with E-state index in [0.29, 0.717) is 5.56 Å². The molecule has 0 fully saturated rings. The summed E-state index contributed by atoms with van der Waals surface area (Å²) in [5.41, 5.74) is -0.584. The molecule has 2 nitrogen and oxygen atoms in total. The van der Waals surface area contributed by atoms with Crippen LogP contribution in [0.25, 0.3) is 0 Å². The number of halogens is 3. The molecule has 1 rings (SSSR count). The van der Waals surface area contributed by atoms with E-state index in [1.807, 2.05) is 0 Å². The van der Waals surface area contributed by atoms with E-state index in [9.17, 15) is 17.7 Å². The van der Waals surface area contributed by atoms with Crippen LogP contribution in [0.3, 0.4) is 0 Å². The molecule has 17 heavy (non-hydrogen) atoms. The fourth-order valence-corrected chi connectivity index (χ4v) is 1.50. The van der Waals surface area contributed by atoms with Gasteiger partial charge < -0.3 is 17.7 Å². The minimum absolute atomic E-state index is 0. The van der Waals surface area contributed by atoms with Crippen LogP contribution in [-0.4, -0.2) is 20.1 Å². The Morgan fingerprint density at radius 1 is 1.35 bits per heavy atom. The van der Waals surface area contributed by atoms with Gasteiger partial charge in [0, 0.05) is 4.90 Å². The van der Waals surface area contributed by atoms with Gasteiger partial charge in [-0.25, -0.2) is 4.79 Å². The molecule has 0 spiro atoms. The van der Waals surface area contributed by atoms with Crippen molar-refractivity contribution in [3.05, 3.63) is 23.3 Å². The Labute approximate surface area is 145 Å². The molecule has 0 aliphatic rings. The number of rotatable bonds is 2. The van der Waals surface area contributed by atoms with Crippen molar-refractivity contribution in [1.29, 1.82) is 0 Å². The number of carbonyl (C=O) groups is 1. The topological polar surface area (TPSA) is 26.3 Å². The van der Waals surface area contributed by atoms with E-state index in [0.717, 1.165) is 19.2 Å². The molecule has 1 aromatic carbocycles. The van der Waals surface area contributed by atoms with E-state index < -0.39 is 18.4 Å². The summed E-state index contributed by atoms with van der Waals surface area (Å²) in [6.07, 6.45) is 0. The van der Waals surface area contributed by atoms with Gasteiger partial charge in [0.15, 0.2) is 0 Å². The summed E-state index contributed by atoms with van der Waals surface area (Å²) in [7, 11) is 1.12. The Hall–Kier alpha value is 0.531. The second-order valence-electron chi connectivity index (χ2n) is 3.28. The van der Waals surface area contributed by atoms with Crippen LogP contribution in [0.5, 0.6) is 0 Å². The van der Waals surface area contributed by atoms with Crippen LogP contribution in [-0.2, 0) is 4.74 Å². The maximum Gasteiger partial charge on any atom is 1.00 e. The normalized spacial score (nSPS) is 10.7. The summed E-state index contributed by atoms with van der Waals surface area (Å²) in [4.78, 5) is 11.4. The van der Waals surface area contributed by atoms with E-state index in [1.54, 1.807) is 0 Å². The number of esters is 1. The predicted octanol–water partition coefficient (Wildman–Crippen LogP) is -0.871. The van der Waals surface area contributed by atoms with Gasteiger partial charge in [0.25, 0.3) is 0 Å². The number of hydrogen-bond donors (Lipinski definition) is 1. The smallest absolute Gasteiger partial charge is 0.465 e. The summed E-state index contributed by atoms with van der Waals surface area (Å²) >= 11 is 3.90. The van der Waals surface area contributed by atoms with Gasteiger partial charge in [-0.3, -0.25) is 0 Å². The maximum absolute atomic E-state index is 12.5. The Morgan fingerprint density at radius 3 is 2.29 bits per heavy atom. The summed E-state index contributed by atoms with van der Waals surface area (Å²) in [5, 5.41) is 0. The second-order valence-corrected chi connectivity index (χ2v) is 3.76. The van der Waals surface area contributed by atoms with Crippen molar-refractivity contribution in [2.24, 2.45) is 0 Å². The Kier molecular flexibility index (Phi) is 6.83. The Balaban J connectivity index is 0.00000256. The average Bonchev–Trinajstić information content (AvgIpc) is 2.19. The van der Waals surface area contributed by atoms with Crippen LogP contribution in [0.2, 0.25) is 0 Å². The molecular formula is C9H9BF3KO2S. The molecule has 0 saturated carbocycles. The minimum atomic E-state index is -5.15. The van der Waals surface area contributed by atoms with Gasteiger partial charge >= 0.3 is 64.3 Å². The third-order valence-electron chi connectivity index (χ3n) is 2.19. The fraction of sp³-hybridized carbons (Fsp3) is 0.222. The summed E-state index contributed by atoms with van der Waals surface area (Å²) in [5.74, 6) is -0.797. The average molecular weight is 288 g/mol. The van der Waals surface area contributed by atoms with E-state index in [1.165, 1.54) is 6.92 Å². The molecule has 0 saturated heterocycles. The minimum Gasteiger partial charge on any atom is -0.465 e. The first-order valence-electron chi connectivity index (χ1n) is 4.39. The molecule has 8 heteroatoms.